The Kier molecular flexibility index (Phi) is 3.70. The van der Waals surface area contributed by atoms with Gasteiger partial charge in [0, 0.05) is 6.54 Å². The van der Waals surface area contributed by atoms with Crippen molar-refractivity contribution in [2.75, 3.05) is 19.7 Å². The highest BCUT2D eigenvalue weighted by Crippen LogP contribution is 2.21. The SMILES string of the molecule is C=C(C)CN1CCOC1=Nc1ccc(C)cc1C. The number of hydrogen-bond donors (Lipinski definition) is 0. The zero-order valence-electron chi connectivity index (χ0n) is 11.4. The van der Waals surface area contributed by atoms with Crippen molar-refractivity contribution < 1.29 is 4.74 Å². The molecular formula is C15H20N2O. The van der Waals surface area contributed by atoms with Gasteiger partial charge in [0.25, 0.3) is 6.02 Å². The summed E-state index contributed by atoms with van der Waals surface area (Å²) in [5.74, 6) is 0. The van der Waals surface area contributed by atoms with Crippen molar-refractivity contribution in [2.45, 2.75) is 20.8 Å². The first kappa shape index (κ1) is 12.7. The quantitative estimate of drug-likeness (QED) is 0.763. The molecule has 1 heterocycles. The van der Waals surface area contributed by atoms with Gasteiger partial charge in [0.1, 0.15) is 6.61 Å². The molecule has 1 saturated heterocycles. The molecule has 1 aromatic rings. The first-order valence-electron chi connectivity index (χ1n) is 6.24. The van der Waals surface area contributed by atoms with Gasteiger partial charge in [0.05, 0.1) is 12.2 Å². The van der Waals surface area contributed by atoms with Crippen LogP contribution in [0.5, 0.6) is 0 Å². The Hall–Kier alpha value is -1.77. The molecule has 1 fully saturated rings. The van der Waals surface area contributed by atoms with Crippen LogP contribution in [0.25, 0.3) is 0 Å². The second-order valence-electron chi connectivity index (χ2n) is 4.91. The second kappa shape index (κ2) is 5.25. The highest BCUT2D eigenvalue weighted by molar-refractivity contribution is 5.79. The lowest BCUT2D eigenvalue weighted by Crippen LogP contribution is -2.27. The van der Waals surface area contributed by atoms with Crippen molar-refractivity contribution in [3.63, 3.8) is 0 Å². The van der Waals surface area contributed by atoms with Crippen LogP contribution in [0, 0.1) is 13.8 Å². The predicted octanol–water partition coefficient (Wildman–Crippen LogP) is 3.20. The van der Waals surface area contributed by atoms with Crippen LogP contribution in [-0.2, 0) is 4.74 Å². The maximum Gasteiger partial charge on any atom is 0.293 e. The molecule has 1 aliphatic rings. The van der Waals surface area contributed by atoms with Crippen LogP contribution in [0.15, 0.2) is 35.3 Å². The fourth-order valence-electron chi connectivity index (χ4n) is 2.04. The molecule has 0 radical (unpaired) electrons. The van der Waals surface area contributed by atoms with Crippen molar-refractivity contribution >= 4 is 11.7 Å². The van der Waals surface area contributed by atoms with E-state index in [0.29, 0.717) is 12.6 Å². The number of benzene rings is 1. The normalized spacial score (nSPS) is 17.1. The van der Waals surface area contributed by atoms with E-state index >= 15 is 0 Å². The maximum atomic E-state index is 5.59. The Bertz CT molecular complexity index is 491. The van der Waals surface area contributed by atoms with E-state index in [9.17, 15) is 0 Å². The van der Waals surface area contributed by atoms with E-state index in [-0.39, 0.29) is 0 Å². The molecule has 18 heavy (non-hydrogen) atoms. The fraction of sp³-hybridized carbons (Fsp3) is 0.400. The zero-order valence-corrected chi connectivity index (χ0v) is 11.4. The molecule has 0 saturated carbocycles. The molecule has 0 spiro atoms. The van der Waals surface area contributed by atoms with Crippen molar-refractivity contribution in [2.24, 2.45) is 4.99 Å². The Balaban J connectivity index is 2.23. The largest absolute Gasteiger partial charge is 0.463 e. The molecule has 0 atom stereocenters. The summed E-state index contributed by atoms with van der Waals surface area (Å²) >= 11 is 0. The number of aliphatic imine (C=N–C) groups is 1. The molecule has 0 unspecified atom stereocenters. The third-order valence-electron chi connectivity index (χ3n) is 2.89. The van der Waals surface area contributed by atoms with Crippen LogP contribution in [0.1, 0.15) is 18.1 Å². The van der Waals surface area contributed by atoms with Gasteiger partial charge in [0.15, 0.2) is 0 Å². The monoisotopic (exact) mass is 244 g/mol. The van der Waals surface area contributed by atoms with Gasteiger partial charge in [-0.15, -0.1) is 0 Å². The minimum absolute atomic E-state index is 0.705. The number of rotatable bonds is 3. The van der Waals surface area contributed by atoms with Gasteiger partial charge < -0.3 is 9.64 Å². The molecule has 0 bridgehead atoms. The molecule has 3 heteroatoms. The number of aryl methyl sites for hydroxylation is 2. The van der Waals surface area contributed by atoms with Gasteiger partial charge in [-0.3, -0.25) is 0 Å². The second-order valence-corrected chi connectivity index (χ2v) is 4.91. The summed E-state index contributed by atoms with van der Waals surface area (Å²) in [6, 6.07) is 6.96. The molecule has 1 aliphatic heterocycles. The molecule has 2 rings (SSSR count). The van der Waals surface area contributed by atoms with E-state index in [1.807, 2.05) is 13.0 Å². The van der Waals surface area contributed by atoms with Crippen LogP contribution in [-0.4, -0.2) is 30.6 Å². The van der Waals surface area contributed by atoms with Gasteiger partial charge in [0.2, 0.25) is 0 Å². The number of amidine groups is 1. The summed E-state index contributed by atoms with van der Waals surface area (Å²) in [6.45, 7) is 12.5. The predicted molar refractivity (Wildman–Crippen MR) is 75.4 cm³/mol. The minimum atomic E-state index is 0.705. The van der Waals surface area contributed by atoms with Crippen LogP contribution in [0.2, 0.25) is 0 Å². The highest BCUT2D eigenvalue weighted by atomic mass is 16.5. The molecule has 1 aromatic carbocycles. The lowest BCUT2D eigenvalue weighted by atomic mass is 10.1. The summed E-state index contributed by atoms with van der Waals surface area (Å²) in [4.78, 5) is 6.74. The van der Waals surface area contributed by atoms with Gasteiger partial charge >= 0.3 is 0 Å². The number of ether oxygens (including phenoxy) is 1. The smallest absolute Gasteiger partial charge is 0.293 e. The fourth-order valence-corrected chi connectivity index (χ4v) is 2.04. The Morgan fingerprint density at radius 3 is 2.89 bits per heavy atom. The molecular weight excluding hydrogens is 224 g/mol. The minimum Gasteiger partial charge on any atom is -0.463 e. The summed E-state index contributed by atoms with van der Waals surface area (Å²) in [5.41, 5.74) is 4.52. The average Bonchev–Trinajstić information content (AvgIpc) is 2.69. The summed E-state index contributed by atoms with van der Waals surface area (Å²) in [5, 5.41) is 0. The van der Waals surface area contributed by atoms with Crippen molar-refractivity contribution in [1.29, 1.82) is 0 Å². The Labute approximate surface area is 109 Å². The average molecular weight is 244 g/mol. The Morgan fingerprint density at radius 2 is 2.22 bits per heavy atom. The van der Waals surface area contributed by atoms with Crippen LogP contribution in [0.4, 0.5) is 5.69 Å². The maximum absolute atomic E-state index is 5.59. The van der Waals surface area contributed by atoms with E-state index in [1.54, 1.807) is 0 Å². The molecule has 3 nitrogen and oxygen atoms in total. The molecule has 0 N–H and O–H groups in total. The van der Waals surface area contributed by atoms with Gasteiger partial charge in [-0.2, -0.15) is 4.99 Å². The third-order valence-corrected chi connectivity index (χ3v) is 2.89. The van der Waals surface area contributed by atoms with E-state index in [0.717, 1.165) is 24.4 Å². The topological polar surface area (TPSA) is 24.8 Å². The number of hydrogen-bond acceptors (Lipinski definition) is 2. The van der Waals surface area contributed by atoms with E-state index in [4.69, 9.17) is 4.74 Å². The van der Waals surface area contributed by atoms with Gasteiger partial charge in [-0.1, -0.05) is 29.8 Å². The van der Waals surface area contributed by atoms with Crippen molar-refractivity contribution in [3.8, 4) is 0 Å². The van der Waals surface area contributed by atoms with Crippen molar-refractivity contribution in [1.82, 2.24) is 4.90 Å². The molecule has 0 aromatic heterocycles. The van der Waals surface area contributed by atoms with E-state index in [1.165, 1.54) is 11.1 Å². The standard InChI is InChI=1S/C15H20N2O/c1-11(2)10-17-7-8-18-15(17)16-14-6-5-12(3)9-13(14)4/h5-6,9H,1,7-8,10H2,2-4H3. The third kappa shape index (κ3) is 2.92. The van der Waals surface area contributed by atoms with Crippen molar-refractivity contribution in [3.05, 3.63) is 41.5 Å². The first-order chi connectivity index (χ1) is 8.56. The lowest BCUT2D eigenvalue weighted by Gasteiger charge is -2.15. The summed E-state index contributed by atoms with van der Waals surface area (Å²) in [6.07, 6.45) is 0. The van der Waals surface area contributed by atoms with Crippen LogP contribution >= 0.6 is 0 Å². The Morgan fingerprint density at radius 1 is 1.44 bits per heavy atom. The van der Waals surface area contributed by atoms with Gasteiger partial charge in [-0.05, 0) is 32.4 Å². The first-order valence-corrected chi connectivity index (χ1v) is 6.24. The van der Waals surface area contributed by atoms with E-state index in [2.05, 4.69) is 42.5 Å². The summed E-state index contributed by atoms with van der Waals surface area (Å²) < 4.78 is 5.59. The molecule has 0 aliphatic carbocycles. The van der Waals surface area contributed by atoms with Crippen LogP contribution < -0.4 is 0 Å². The van der Waals surface area contributed by atoms with Crippen LogP contribution in [0.3, 0.4) is 0 Å². The van der Waals surface area contributed by atoms with E-state index < -0.39 is 0 Å². The molecule has 0 amide bonds. The molecule has 96 valence electrons. The highest BCUT2D eigenvalue weighted by Gasteiger charge is 2.20. The number of nitrogens with zero attached hydrogens (tertiary/aromatic N) is 2. The lowest BCUT2D eigenvalue weighted by molar-refractivity contribution is 0.352. The van der Waals surface area contributed by atoms with Gasteiger partial charge in [-0.25, -0.2) is 0 Å². The zero-order chi connectivity index (χ0) is 13.1. The summed E-state index contributed by atoms with van der Waals surface area (Å²) in [7, 11) is 0.